The zero-order chi connectivity index (χ0) is 25.1. The number of nitrogen functional groups attached to an aromatic ring is 1. The summed E-state index contributed by atoms with van der Waals surface area (Å²) >= 11 is 2.14. The standard InChI is InChI=1S/C24H22IN5O5/c1-2-9-29-23(33)21-19(30(24(29)34)12-14-3-8-18(26)17(25)10-14)11-27-22(28-21)15-4-6-16(7-5-15)35-13-20(31)32/h3-8,10-11H,2,9,12-13,26H2,1H3,(H,31,32). The molecule has 35 heavy (non-hydrogen) atoms. The van der Waals surface area contributed by atoms with Gasteiger partial charge in [-0.05, 0) is 71.0 Å². The number of nitrogens with zero attached hydrogens (tertiary/aromatic N) is 4. The van der Waals surface area contributed by atoms with Crippen molar-refractivity contribution in [2.75, 3.05) is 12.3 Å². The number of ether oxygens (including phenoxy) is 1. The van der Waals surface area contributed by atoms with Crippen molar-refractivity contribution >= 4 is 45.3 Å². The third kappa shape index (κ3) is 5.19. The highest BCUT2D eigenvalue weighted by Crippen LogP contribution is 2.21. The van der Waals surface area contributed by atoms with E-state index in [4.69, 9.17) is 15.6 Å². The highest BCUT2D eigenvalue weighted by atomic mass is 127. The molecule has 0 unspecified atom stereocenters. The Kier molecular flexibility index (Phi) is 7.15. The highest BCUT2D eigenvalue weighted by Gasteiger charge is 2.16. The van der Waals surface area contributed by atoms with Crippen LogP contribution in [0.1, 0.15) is 18.9 Å². The Hall–Kier alpha value is -3.74. The number of anilines is 1. The average Bonchev–Trinajstić information content (AvgIpc) is 2.85. The molecule has 3 N–H and O–H groups in total. The Morgan fingerprint density at radius 3 is 2.54 bits per heavy atom. The molecule has 2 aromatic carbocycles. The summed E-state index contributed by atoms with van der Waals surface area (Å²) in [4.78, 5) is 46.0. The number of rotatable bonds is 8. The van der Waals surface area contributed by atoms with Gasteiger partial charge in [-0.15, -0.1) is 0 Å². The van der Waals surface area contributed by atoms with Gasteiger partial charge in [-0.3, -0.25) is 13.9 Å². The summed E-state index contributed by atoms with van der Waals surface area (Å²) < 4.78 is 8.72. The molecule has 0 fully saturated rings. The maximum Gasteiger partial charge on any atom is 0.341 e. The van der Waals surface area contributed by atoms with Crippen molar-refractivity contribution in [3.05, 3.63) is 78.6 Å². The lowest BCUT2D eigenvalue weighted by Crippen LogP contribution is -2.40. The Labute approximate surface area is 213 Å². The molecule has 10 nitrogen and oxygen atoms in total. The number of carboxylic acid groups (broad SMARTS) is 1. The first-order valence-electron chi connectivity index (χ1n) is 10.8. The van der Waals surface area contributed by atoms with Crippen LogP contribution in [0.5, 0.6) is 5.75 Å². The van der Waals surface area contributed by atoms with Crippen molar-refractivity contribution in [3.8, 4) is 17.1 Å². The van der Waals surface area contributed by atoms with Crippen LogP contribution < -0.4 is 21.7 Å². The van der Waals surface area contributed by atoms with Crippen molar-refractivity contribution in [3.63, 3.8) is 0 Å². The van der Waals surface area contributed by atoms with Gasteiger partial charge in [0.1, 0.15) is 5.75 Å². The van der Waals surface area contributed by atoms with Crippen LogP contribution in [0.15, 0.2) is 58.3 Å². The van der Waals surface area contributed by atoms with E-state index in [1.165, 1.54) is 15.3 Å². The quantitative estimate of drug-likeness (QED) is 0.237. The maximum absolute atomic E-state index is 13.2. The van der Waals surface area contributed by atoms with E-state index in [9.17, 15) is 14.4 Å². The number of fused-ring (bicyclic) bond motifs is 1. The molecule has 4 aromatic rings. The molecule has 11 heteroatoms. The van der Waals surface area contributed by atoms with Crippen LogP contribution in [-0.2, 0) is 17.9 Å². The van der Waals surface area contributed by atoms with E-state index in [-0.39, 0.29) is 18.6 Å². The van der Waals surface area contributed by atoms with Crippen molar-refractivity contribution < 1.29 is 14.6 Å². The van der Waals surface area contributed by atoms with Crippen LogP contribution in [0, 0.1) is 3.57 Å². The number of halogens is 1. The monoisotopic (exact) mass is 587 g/mol. The smallest absolute Gasteiger partial charge is 0.341 e. The second-order valence-electron chi connectivity index (χ2n) is 7.82. The van der Waals surface area contributed by atoms with Crippen molar-refractivity contribution in [1.82, 2.24) is 19.1 Å². The molecule has 2 aromatic heterocycles. The van der Waals surface area contributed by atoms with Gasteiger partial charge < -0.3 is 15.6 Å². The van der Waals surface area contributed by atoms with Crippen molar-refractivity contribution in [2.24, 2.45) is 0 Å². The van der Waals surface area contributed by atoms with E-state index in [2.05, 4.69) is 32.6 Å². The van der Waals surface area contributed by atoms with Gasteiger partial charge in [-0.2, -0.15) is 0 Å². The summed E-state index contributed by atoms with van der Waals surface area (Å²) in [6.45, 7) is 1.94. The van der Waals surface area contributed by atoms with Crippen molar-refractivity contribution in [2.45, 2.75) is 26.4 Å². The summed E-state index contributed by atoms with van der Waals surface area (Å²) in [6, 6.07) is 12.1. The molecule has 0 saturated heterocycles. The molecule has 0 aliphatic rings. The van der Waals surface area contributed by atoms with Gasteiger partial charge in [0.2, 0.25) is 0 Å². The maximum atomic E-state index is 13.2. The van der Waals surface area contributed by atoms with Gasteiger partial charge in [0.15, 0.2) is 17.9 Å². The topological polar surface area (TPSA) is 142 Å². The van der Waals surface area contributed by atoms with Gasteiger partial charge >= 0.3 is 11.7 Å². The minimum absolute atomic E-state index is 0.138. The summed E-state index contributed by atoms with van der Waals surface area (Å²) in [7, 11) is 0. The van der Waals surface area contributed by atoms with Crippen LogP contribution >= 0.6 is 22.6 Å². The van der Waals surface area contributed by atoms with Gasteiger partial charge in [0.25, 0.3) is 5.56 Å². The lowest BCUT2D eigenvalue weighted by atomic mass is 10.2. The Bertz CT molecular complexity index is 1530. The molecule has 0 amide bonds. The fourth-order valence-electron chi connectivity index (χ4n) is 3.60. The lowest BCUT2D eigenvalue weighted by Gasteiger charge is -2.14. The molecular weight excluding hydrogens is 565 g/mol. The molecule has 2 heterocycles. The average molecular weight is 587 g/mol. The van der Waals surface area contributed by atoms with E-state index in [0.717, 1.165) is 9.13 Å². The number of carbonyl (C=O) groups is 1. The van der Waals surface area contributed by atoms with Crippen LogP contribution in [0.3, 0.4) is 0 Å². The van der Waals surface area contributed by atoms with Crippen molar-refractivity contribution in [1.29, 1.82) is 0 Å². The van der Waals surface area contributed by atoms with E-state index in [1.54, 1.807) is 30.3 Å². The fourth-order valence-corrected chi connectivity index (χ4v) is 4.18. The zero-order valence-corrected chi connectivity index (χ0v) is 20.9. The predicted octanol–water partition coefficient (Wildman–Crippen LogP) is 2.73. The Balaban J connectivity index is 1.81. The lowest BCUT2D eigenvalue weighted by molar-refractivity contribution is -0.139. The Morgan fingerprint density at radius 2 is 1.89 bits per heavy atom. The van der Waals surface area contributed by atoms with E-state index >= 15 is 0 Å². The van der Waals surface area contributed by atoms with Gasteiger partial charge in [-0.25, -0.2) is 19.6 Å². The number of aromatic nitrogens is 4. The van der Waals surface area contributed by atoms with Crippen LogP contribution in [0.2, 0.25) is 0 Å². The minimum Gasteiger partial charge on any atom is -0.482 e. The molecule has 0 aliphatic heterocycles. The number of hydrogen-bond acceptors (Lipinski definition) is 7. The molecule has 180 valence electrons. The fraction of sp³-hybridized carbons (Fsp3) is 0.208. The van der Waals surface area contributed by atoms with Crippen LogP contribution in [-0.4, -0.2) is 36.8 Å². The second-order valence-corrected chi connectivity index (χ2v) is 8.98. The third-order valence-electron chi connectivity index (χ3n) is 5.30. The summed E-state index contributed by atoms with van der Waals surface area (Å²) in [5, 5.41) is 8.75. The molecular formula is C24H22IN5O5. The minimum atomic E-state index is -1.07. The number of hydrogen-bond donors (Lipinski definition) is 2. The molecule has 0 aliphatic carbocycles. The summed E-state index contributed by atoms with van der Waals surface area (Å²) in [5.41, 5.74) is 7.62. The number of aliphatic carboxylic acids is 1. The zero-order valence-electron chi connectivity index (χ0n) is 18.8. The van der Waals surface area contributed by atoms with E-state index < -0.39 is 23.8 Å². The van der Waals surface area contributed by atoms with Gasteiger partial charge in [0.05, 0.1) is 18.3 Å². The molecule has 0 atom stereocenters. The highest BCUT2D eigenvalue weighted by molar-refractivity contribution is 14.1. The van der Waals surface area contributed by atoms with E-state index in [0.29, 0.717) is 34.8 Å². The Morgan fingerprint density at radius 1 is 1.14 bits per heavy atom. The number of nitrogens with two attached hydrogens (primary N) is 1. The predicted molar refractivity (Wildman–Crippen MR) is 140 cm³/mol. The SMILES string of the molecule is CCCn1c(=O)c2nc(-c3ccc(OCC(=O)O)cc3)ncc2n(Cc2ccc(N)c(I)c2)c1=O. The molecule has 0 bridgehead atoms. The van der Waals surface area contributed by atoms with E-state index in [1.807, 2.05) is 19.1 Å². The normalized spacial score (nSPS) is 11.0. The molecule has 4 rings (SSSR count). The van der Waals surface area contributed by atoms with Crippen LogP contribution in [0.4, 0.5) is 5.69 Å². The largest absolute Gasteiger partial charge is 0.482 e. The first kappa shape index (κ1) is 24.4. The summed E-state index contributed by atoms with van der Waals surface area (Å²) in [5.74, 6) is -0.390. The molecule has 0 radical (unpaired) electrons. The molecule has 0 spiro atoms. The second kappa shape index (κ2) is 10.3. The van der Waals surface area contributed by atoms with Gasteiger partial charge in [0, 0.05) is 21.4 Å². The first-order valence-corrected chi connectivity index (χ1v) is 11.9. The molecule has 0 saturated carbocycles. The number of carboxylic acids is 1. The summed E-state index contributed by atoms with van der Waals surface area (Å²) in [6.07, 6.45) is 2.09. The first-order chi connectivity index (χ1) is 16.8. The van der Waals surface area contributed by atoms with Crippen LogP contribution in [0.25, 0.3) is 22.4 Å². The number of benzene rings is 2. The third-order valence-corrected chi connectivity index (χ3v) is 6.23. The van der Waals surface area contributed by atoms with Gasteiger partial charge in [-0.1, -0.05) is 13.0 Å².